The summed E-state index contributed by atoms with van der Waals surface area (Å²) in [7, 11) is 0. The fourth-order valence-corrected chi connectivity index (χ4v) is 2.42. The standard InChI is InChI=1S/C14H16O3/c1-2-11(14(16)17)13-5-3-4-9-8-10(15)6-7-12(9)13/h5-8,11,15H,2-4H2,1H3,(H,16,17). The lowest BCUT2D eigenvalue weighted by Crippen LogP contribution is -2.17. The summed E-state index contributed by atoms with van der Waals surface area (Å²) in [5, 5.41) is 18.7. The number of phenolic OH excluding ortho intramolecular Hbond substituents is 1. The van der Waals surface area contributed by atoms with Crippen LogP contribution in [0.4, 0.5) is 0 Å². The molecule has 0 bridgehead atoms. The number of aromatic hydroxyl groups is 1. The first-order chi connectivity index (χ1) is 8.13. The van der Waals surface area contributed by atoms with E-state index in [-0.39, 0.29) is 5.75 Å². The summed E-state index contributed by atoms with van der Waals surface area (Å²) in [4.78, 5) is 11.2. The molecule has 0 amide bonds. The zero-order valence-electron chi connectivity index (χ0n) is 9.81. The second-order valence-corrected chi connectivity index (χ2v) is 4.34. The molecule has 2 rings (SSSR count). The van der Waals surface area contributed by atoms with E-state index >= 15 is 0 Å². The molecule has 1 aliphatic carbocycles. The molecule has 2 N–H and O–H groups in total. The first-order valence-electron chi connectivity index (χ1n) is 5.88. The van der Waals surface area contributed by atoms with Gasteiger partial charge in [0.05, 0.1) is 5.92 Å². The topological polar surface area (TPSA) is 57.5 Å². The molecule has 1 aromatic carbocycles. The second kappa shape index (κ2) is 4.62. The molecule has 0 saturated carbocycles. The van der Waals surface area contributed by atoms with Gasteiger partial charge in [-0.05, 0) is 48.1 Å². The Labute approximate surface area is 100 Å². The van der Waals surface area contributed by atoms with E-state index in [1.807, 2.05) is 19.1 Å². The van der Waals surface area contributed by atoms with Crippen LogP contribution in [0.5, 0.6) is 5.75 Å². The van der Waals surface area contributed by atoms with Gasteiger partial charge in [0.25, 0.3) is 0 Å². The molecule has 0 fully saturated rings. The number of carboxylic acids is 1. The lowest BCUT2D eigenvalue weighted by molar-refractivity contribution is -0.139. The third kappa shape index (κ3) is 2.18. The smallest absolute Gasteiger partial charge is 0.310 e. The van der Waals surface area contributed by atoms with Gasteiger partial charge >= 0.3 is 5.97 Å². The minimum Gasteiger partial charge on any atom is -0.508 e. The summed E-state index contributed by atoms with van der Waals surface area (Å²) in [6, 6.07) is 5.17. The molecule has 1 atom stereocenters. The van der Waals surface area contributed by atoms with Gasteiger partial charge < -0.3 is 10.2 Å². The zero-order valence-corrected chi connectivity index (χ0v) is 9.81. The van der Waals surface area contributed by atoms with E-state index in [9.17, 15) is 15.0 Å². The molecule has 3 nitrogen and oxygen atoms in total. The molecule has 1 aromatic rings. The first kappa shape index (κ1) is 11.7. The predicted molar refractivity (Wildman–Crippen MR) is 65.8 cm³/mol. The van der Waals surface area contributed by atoms with Crippen molar-refractivity contribution in [3.8, 4) is 5.75 Å². The number of rotatable bonds is 3. The molecule has 1 aliphatic rings. The summed E-state index contributed by atoms with van der Waals surface area (Å²) < 4.78 is 0. The third-order valence-corrected chi connectivity index (χ3v) is 3.26. The Kier molecular flexibility index (Phi) is 3.18. The Morgan fingerprint density at radius 3 is 2.88 bits per heavy atom. The maximum Gasteiger partial charge on any atom is 0.310 e. The average molecular weight is 232 g/mol. The summed E-state index contributed by atoms with van der Waals surface area (Å²) in [5.74, 6) is -0.980. The highest BCUT2D eigenvalue weighted by Crippen LogP contribution is 2.35. The number of carbonyl (C=O) groups is 1. The van der Waals surface area contributed by atoms with Crippen molar-refractivity contribution < 1.29 is 15.0 Å². The number of aliphatic carboxylic acids is 1. The van der Waals surface area contributed by atoms with Crippen molar-refractivity contribution in [3.63, 3.8) is 0 Å². The highest BCUT2D eigenvalue weighted by molar-refractivity contribution is 5.88. The molecule has 0 aliphatic heterocycles. The van der Waals surface area contributed by atoms with E-state index in [0.29, 0.717) is 6.42 Å². The van der Waals surface area contributed by atoms with E-state index in [4.69, 9.17) is 0 Å². The van der Waals surface area contributed by atoms with Crippen LogP contribution in [-0.2, 0) is 11.2 Å². The van der Waals surface area contributed by atoms with E-state index in [1.54, 1.807) is 12.1 Å². The Bertz CT molecular complexity index is 474. The number of carboxylic acid groups (broad SMARTS) is 1. The van der Waals surface area contributed by atoms with Crippen LogP contribution in [0.2, 0.25) is 0 Å². The molecule has 0 heterocycles. The SMILES string of the molecule is CCC(C(=O)O)C1=CCCc2cc(O)ccc21. The van der Waals surface area contributed by atoms with Crippen LogP contribution in [-0.4, -0.2) is 16.2 Å². The van der Waals surface area contributed by atoms with Crippen molar-refractivity contribution in [1.29, 1.82) is 0 Å². The minimum absolute atomic E-state index is 0.244. The van der Waals surface area contributed by atoms with Gasteiger partial charge in [-0.25, -0.2) is 0 Å². The van der Waals surface area contributed by atoms with Crippen LogP contribution in [0.1, 0.15) is 30.9 Å². The maximum atomic E-state index is 11.2. The number of phenols is 1. The van der Waals surface area contributed by atoms with Gasteiger partial charge in [-0.2, -0.15) is 0 Å². The largest absolute Gasteiger partial charge is 0.508 e. The van der Waals surface area contributed by atoms with Gasteiger partial charge in [-0.15, -0.1) is 0 Å². The average Bonchev–Trinajstić information content (AvgIpc) is 2.29. The van der Waals surface area contributed by atoms with Gasteiger partial charge in [0.1, 0.15) is 5.75 Å². The number of fused-ring (bicyclic) bond motifs is 1. The maximum absolute atomic E-state index is 11.2. The molecule has 3 heteroatoms. The molecular formula is C14H16O3. The lowest BCUT2D eigenvalue weighted by Gasteiger charge is -2.22. The molecule has 1 unspecified atom stereocenters. The molecule has 0 spiro atoms. The van der Waals surface area contributed by atoms with Crippen molar-refractivity contribution in [3.05, 3.63) is 35.4 Å². The molecule has 90 valence electrons. The minimum atomic E-state index is -0.778. The van der Waals surface area contributed by atoms with Gasteiger partial charge in [0.2, 0.25) is 0 Å². The molecule has 0 saturated heterocycles. The number of aryl methyl sites for hydroxylation is 1. The van der Waals surface area contributed by atoms with Gasteiger partial charge in [0, 0.05) is 0 Å². The van der Waals surface area contributed by atoms with Crippen LogP contribution < -0.4 is 0 Å². The number of hydrogen-bond acceptors (Lipinski definition) is 2. The first-order valence-corrected chi connectivity index (χ1v) is 5.88. The molecule has 0 radical (unpaired) electrons. The van der Waals surface area contributed by atoms with E-state index < -0.39 is 11.9 Å². The van der Waals surface area contributed by atoms with Gasteiger partial charge in [-0.1, -0.05) is 19.1 Å². The fourth-order valence-electron chi connectivity index (χ4n) is 2.42. The van der Waals surface area contributed by atoms with Crippen molar-refractivity contribution in [1.82, 2.24) is 0 Å². The number of benzene rings is 1. The van der Waals surface area contributed by atoms with Gasteiger partial charge in [-0.3, -0.25) is 4.79 Å². The van der Waals surface area contributed by atoms with Crippen LogP contribution in [0.15, 0.2) is 24.3 Å². The van der Waals surface area contributed by atoms with Crippen LogP contribution in [0.3, 0.4) is 0 Å². The normalized spacial score (nSPS) is 15.9. The quantitative estimate of drug-likeness (QED) is 0.842. The summed E-state index contributed by atoms with van der Waals surface area (Å²) >= 11 is 0. The summed E-state index contributed by atoms with van der Waals surface area (Å²) in [6.45, 7) is 1.88. The second-order valence-electron chi connectivity index (χ2n) is 4.34. The fraction of sp³-hybridized carbons (Fsp3) is 0.357. The predicted octanol–water partition coefficient (Wildman–Crippen LogP) is 2.83. The number of hydrogen-bond donors (Lipinski definition) is 2. The van der Waals surface area contributed by atoms with E-state index in [1.165, 1.54) is 0 Å². The van der Waals surface area contributed by atoms with Crippen LogP contribution in [0, 0.1) is 5.92 Å². The monoisotopic (exact) mass is 232 g/mol. The summed E-state index contributed by atoms with van der Waals surface area (Å²) in [6.07, 6.45) is 4.31. The van der Waals surface area contributed by atoms with Crippen LogP contribution >= 0.6 is 0 Å². The van der Waals surface area contributed by atoms with E-state index in [2.05, 4.69) is 0 Å². The molecule has 17 heavy (non-hydrogen) atoms. The lowest BCUT2D eigenvalue weighted by atomic mass is 9.82. The van der Waals surface area contributed by atoms with Crippen molar-refractivity contribution >= 4 is 11.5 Å². The van der Waals surface area contributed by atoms with Crippen LogP contribution in [0.25, 0.3) is 5.57 Å². The number of allylic oxidation sites excluding steroid dienone is 1. The Morgan fingerprint density at radius 1 is 1.47 bits per heavy atom. The van der Waals surface area contributed by atoms with Gasteiger partial charge in [0.15, 0.2) is 0 Å². The zero-order chi connectivity index (χ0) is 12.4. The van der Waals surface area contributed by atoms with Crippen molar-refractivity contribution in [2.24, 2.45) is 5.92 Å². The summed E-state index contributed by atoms with van der Waals surface area (Å²) in [5.41, 5.74) is 2.91. The van der Waals surface area contributed by atoms with Crippen molar-refractivity contribution in [2.75, 3.05) is 0 Å². The highest BCUT2D eigenvalue weighted by Gasteiger charge is 2.25. The molecular weight excluding hydrogens is 216 g/mol. The van der Waals surface area contributed by atoms with E-state index in [0.717, 1.165) is 29.5 Å². The Hall–Kier alpha value is -1.77. The Morgan fingerprint density at radius 2 is 2.24 bits per heavy atom. The molecule has 0 aromatic heterocycles. The third-order valence-electron chi connectivity index (χ3n) is 3.26. The Balaban J connectivity index is 2.44. The highest BCUT2D eigenvalue weighted by atomic mass is 16.4. The van der Waals surface area contributed by atoms with Crippen molar-refractivity contribution in [2.45, 2.75) is 26.2 Å².